The zero-order valence-corrected chi connectivity index (χ0v) is 11.5. The fraction of sp³-hybridized carbons (Fsp3) is 0.357. The normalized spacial score (nSPS) is 14.6. The molecule has 0 atom stereocenters. The van der Waals surface area contributed by atoms with Crippen molar-refractivity contribution in [1.29, 1.82) is 0 Å². The van der Waals surface area contributed by atoms with E-state index in [9.17, 15) is 0 Å². The molecule has 0 spiro atoms. The lowest BCUT2D eigenvalue weighted by Gasteiger charge is -2.08. The molecule has 0 radical (unpaired) electrons. The van der Waals surface area contributed by atoms with Crippen LogP contribution >= 0.6 is 11.6 Å². The molecule has 0 amide bonds. The third-order valence-electron chi connectivity index (χ3n) is 3.31. The van der Waals surface area contributed by atoms with Gasteiger partial charge in [0.15, 0.2) is 0 Å². The third-order valence-corrected chi connectivity index (χ3v) is 3.63. The highest BCUT2D eigenvalue weighted by Gasteiger charge is 2.22. The predicted octanol–water partition coefficient (Wildman–Crippen LogP) is 3.11. The molecule has 0 saturated heterocycles. The van der Waals surface area contributed by atoms with Gasteiger partial charge in [-0.3, -0.25) is 4.68 Å². The van der Waals surface area contributed by atoms with Crippen LogP contribution in [-0.2, 0) is 7.05 Å². The molecule has 2 aromatic rings. The molecule has 0 aliphatic heterocycles. The summed E-state index contributed by atoms with van der Waals surface area (Å²) in [6.07, 6.45) is 2.52. The molecule has 1 aromatic carbocycles. The number of nitrogen functional groups attached to an aromatic ring is 1. The molecular weight excluding hydrogens is 262 g/mol. The Bertz CT molecular complexity index is 585. The monoisotopic (exact) mass is 277 g/mol. The number of aryl methyl sites for hydroxylation is 1. The highest BCUT2D eigenvalue weighted by atomic mass is 35.5. The second-order valence-electron chi connectivity index (χ2n) is 4.98. The third kappa shape index (κ3) is 2.68. The Balaban J connectivity index is 1.86. The van der Waals surface area contributed by atoms with Crippen molar-refractivity contribution in [3.05, 3.63) is 29.3 Å². The summed E-state index contributed by atoms with van der Waals surface area (Å²) in [5.41, 5.74) is 7.58. The largest absolute Gasteiger partial charge is 0.492 e. The van der Waals surface area contributed by atoms with Gasteiger partial charge in [-0.25, -0.2) is 0 Å². The summed E-state index contributed by atoms with van der Waals surface area (Å²) in [4.78, 5) is 0. The topological polar surface area (TPSA) is 53.1 Å². The van der Waals surface area contributed by atoms with Crippen LogP contribution in [-0.4, -0.2) is 16.4 Å². The summed E-state index contributed by atoms with van der Waals surface area (Å²) in [6.45, 7) is 0.744. The first-order valence-electron chi connectivity index (χ1n) is 6.36. The Hall–Kier alpha value is -1.68. The number of benzene rings is 1. The van der Waals surface area contributed by atoms with Gasteiger partial charge in [-0.1, -0.05) is 17.7 Å². The van der Waals surface area contributed by atoms with Crippen LogP contribution in [0.5, 0.6) is 5.75 Å². The second-order valence-corrected chi connectivity index (χ2v) is 5.38. The number of aromatic nitrogens is 2. The number of hydrogen-bond donors (Lipinski definition) is 1. The van der Waals surface area contributed by atoms with E-state index in [0.717, 1.165) is 23.6 Å². The molecule has 5 heteroatoms. The van der Waals surface area contributed by atoms with Crippen LogP contribution in [0.4, 0.5) is 5.82 Å². The van der Waals surface area contributed by atoms with E-state index in [4.69, 9.17) is 22.1 Å². The van der Waals surface area contributed by atoms with Crippen LogP contribution in [0.1, 0.15) is 12.8 Å². The summed E-state index contributed by atoms with van der Waals surface area (Å²) in [7, 11) is 1.82. The Morgan fingerprint density at radius 2 is 2.21 bits per heavy atom. The number of nitrogens with two attached hydrogens (primary N) is 1. The highest BCUT2D eigenvalue weighted by Crippen LogP contribution is 2.34. The molecule has 0 bridgehead atoms. The molecule has 1 aromatic heterocycles. The maximum atomic E-state index is 6.15. The first kappa shape index (κ1) is 12.4. The van der Waals surface area contributed by atoms with Gasteiger partial charge in [-0.2, -0.15) is 5.10 Å². The number of anilines is 1. The highest BCUT2D eigenvalue weighted by molar-refractivity contribution is 6.32. The minimum Gasteiger partial charge on any atom is -0.492 e. The van der Waals surface area contributed by atoms with E-state index in [2.05, 4.69) is 5.10 Å². The Labute approximate surface area is 117 Å². The molecule has 100 valence electrons. The number of halogens is 1. The molecule has 1 heterocycles. The van der Waals surface area contributed by atoms with Crippen LogP contribution in [0, 0.1) is 5.92 Å². The molecule has 0 unspecified atom stereocenters. The van der Waals surface area contributed by atoms with E-state index in [1.807, 2.05) is 31.3 Å². The molecule has 1 saturated carbocycles. The van der Waals surface area contributed by atoms with Crippen LogP contribution in [0.15, 0.2) is 24.3 Å². The summed E-state index contributed by atoms with van der Waals surface area (Å²) in [5.74, 6) is 2.05. The quantitative estimate of drug-likeness (QED) is 0.934. The molecule has 4 nitrogen and oxygen atoms in total. The van der Waals surface area contributed by atoms with Gasteiger partial charge in [0, 0.05) is 18.7 Å². The van der Waals surface area contributed by atoms with Crippen molar-refractivity contribution in [3.63, 3.8) is 0 Å². The number of rotatable bonds is 4. The van der Waals surface area contributed by atoms with Crippen molar-refractivity contribution >= 4 is 17.4 Å². The number of nitrogens with zero attached hydrogens (tertiary/aromatic N) is 2. The second kappa shape index (κ2) is 4.78. The van der Waals surface area contributed by atoms with Gasteiger partial charge in [0.2, 0.25) is 0 Å². The molecule has 1 aliphatic carbocycles. The Kier molecular flexibility index (Phi) is 3.11. The molecule has 2 N–H and O–H groups in total. The fourth-order valence-electron chi connectivity index (χ4n) is 1.89. The first-order chi connectivity index (χ1) is 9.13. The lowest BCUT2D eigenvalue weighted by Crippen LogP contribution is -1.99. The van der Waals surface area contributed by atoms with E-state index in [1.54, 1.807) is 4.68 Å². The van der Waals surface area contributed by atoms with Crippen molar-refractivity contribution in [2.24, 2.45) is 13.0 Å². The van der Waals surface area contributed by atoms with Gasteiger partial charge < -0.3 is 10.5 Å². The smallest absolute Gasteiger partial charge is 0.138 e. The van der Waals surface area contributed by atoms with E-state index in [-0.39, 0.29) is 0 Å². The van der Waals surface area contributed by atoms with Crippen LogP contribution in [0.25, 0.3) is 11.3 Å². The standard InChI is InChI=1S/C14H16ClN3O/c1-18-14(16)7-12(17-18)10-4-5-11(15)13(6-10)19-8-9-2-3-9/h4-7,9H,2-3,8,16H2,1H3. The average molecular weight is 278 g/mol. The molecule has 1 fully saturated rings. The van der Waals surface area contributed by atoms with E-state index < -0.39 is 0 Å². The first-order valence-corrected chi connectivity index (χ1v) is 6.73. The molecule has 19 heavy (non-hydrogen) atoms. The summed E-state index contributed by atoms with van der Waals surface area (Å²) in [5, 5.41) is 4.98. The minimum absolute atomic E-state index is 0.630. The minimum atomic E-state index is 0.630. The van der Waals surface area contributed by atoms with Crippen molar-refractivity contribution in [3.8, 4) is 17.0 Å². The maximum Gasteiger partial charge on any atom is 0.138 e. The summed E-state index contributed by atoms with van der Waals surface area (Å²) < 4.78 is 7.41. The van der Waals surface area contributed by atoms with Gasteiger partial charge in [-0.15, -0.1) is 0 Å². The van der Waals surface area contributed by atoms with Crippen LogP contribution in [0.3, 0.4) is 0 Å². The summed E-state index contributed by atoms with van der Waals surface area (Å²) in [6, 6.07) is 7.53. The average Bonchev–Trinajstić information content (AvgIpc) is 3.15. The van der Waals surface area contributed by atoms with Crippen molar-refractivity contribution < 1.29 is 4.74 Å². The fourth-order valence-corrected chi connectivity index (χ4v) is 2.06. The molecular formula is C14H16ClN3O. The van der Waals surface area contributed by atoms with Crippen molar-refractivity contribution in [2.45, 2.75) is 12.8 Å². The zero-order valence-electron chi connectivity index (χ0n) is 10.8. The van der Waals surface area contributed by atoms with Gasteiger partial charge in [0.1, 0.15) is 11.6 Å². The van der Waals surface area contributed by atoms with Crippen molar-refractivity contribution in [1.82, 2.24) is 9.78 Å². The zero-order chi connectivity index (χ0) is 13.4. The molecule has 1 aliphatic rings. The lowest BCUT2D eigenvalue weighted by molar-refractivity contribution is 0.300. The van der Waals surface area contributed by atoms with Crippen LogP contribution < -0.4 is 10.5 Å². The van der Waals surface area contributed by atoms with Gasteiger partial charge in [0.05, 0.1) is 17.3 Å². The van der Waals surface area contributed by atoms with Gasteiger partial charge in [0.25, 0.3) is 0 Å². The van der Waals surface area contributed by atoms with Crippen LogP contribution in [0.2, 0.25) is 5.02 Å². The summed E-state index contributed by atoms with van der Waals surface area (Å²) >= 11 is 6.15. The number of hydrogen-bond acceptors (Lipinski definition) is 3. The van der Waals surface area contributed by atoms with Gasteiger partial charge in [-0.05, 0) is 30.9 Å². The van der Waals surface area contributed by atoms with E-state index >= 15 is 0 Å². The molecule has 3 rings (SSSR count). The Morgan fingerprint density at radius 3 is 2.84 bits per heavy atom. The van der Waals surface area contributed by atoms with Crippen molar-refractivity contribution in [2.75, 3.05) is 12.3 Å². The van der Waals surface area contributed by atoms with Gasteiger partial charge >= 0.3 is 0 Å². The SMILES string of the molecule is Cn1nc(-c2ccc(Cl)c(OCC3CC3)c2)cc1N. The maximum absolute atomic E-state index is 6.15. The number of ether oxygens (including phenoxy) is 1. The van der Waals surface area contributed by atoms with E-state index in [1.165, 1.54) is 12.8 Å². The van der Waals surface area contributed by atoms with E-state index in [0.29, 0.717) is 16.8 Å². The predicted molar refractivity (Wildman–Crippen MR) is 76.3 cm³/mol. The lowest BCUT2D eigenvalue weighted by atomic mass is 10.1. The Morgan fingerprint density at radius 1 is 1.42 bits per heavy atom.